The number of rotatable bonds is 3. The lowest BCUT2D eigenvalue weighted by molar-refractivity contribution is -0.143. The van der Waals surface area contributed by atoms with Crippen LogP contribution in [0, 0.1) is 13.8 Å². The van der Waals surface area contributed by atoms with Crippen molar-refractivity contribution in [3.05, 3.63) is 70.1 Å². The van der Waals surface area contributed by atoms with Crippen LogP contribution in [0.4, 0.5) is 19.0 Å². The van der Waals surface area contributed by atoms with Crippen molar-refractivity contribution in [3.8, 4) is 5.69 Å². The Labute approximate surface area is 157 Å². The lowest BCUT2D eigenvalue weighted by Crippen LogP contribution is -2.21. The number of carbonyl (C=O) groups excluding carboxylic acids is 1. The number of aromatic nitrogens is 3. The van der Waals surface area contributed by atoms with Crippen LogP contribution >= 0.6 is 11.6 Å². The normalized spacial score (nSPS) is 11.5. The lowest BCUT2D eigenvalue weighted by Gasteiger charge is -2.13. The number of halogens is 4. The van der Waals surface area contributed by atoms with Gasteiger partial charge in [0.1, 0.15) is 5.82 Å². The highest BCUT2D eigenvalue weighted by molar-refractivity contribution is 6.30. The van der Waals surface area contributed by atoms with Crippen LogP contribution in [0.25, 0.3) is 5.69 Å². The number of carbonyl (C=O) groups is 1. The second-order valence-electron chi connectivity index (χ2n) is 5.92. The highest BCUT2D eigenvalue weighted by atomic mass is 35.5. The van der Waals surface area contributed by atoms with Crippen molar-refractivity contribution >= 4 is 23.3 Å². The molecule has 140 valence electrons. The third-order valence-electron chi connectivity index (χ3n) is 3.69. The van der Waals surface area contributed by atoms with Crippen LogP contribution in [0.1, 0.15) is 27.3 Å². The third kappa shape index (κ3) is 4.11. The van der Waals surface area contributed by atoms with E-state index in [0.717, 1.165) is 11.8 Å². The number of hydrogen-bond donors (Lipinski definition) is 1. The molecule has 0 bridgehead atoms. The van der Waals surface area contributed by atoms with Crippen LogP contribution in [0.15, 0.2) is 42.6 Å². The zero-order valence-electron chi connectivity index (χ0n) is 14.3. The van der Waals surface area contributed by atoms with Gasteiger partial charge in [0.25, 0.3) is 5.91 Å². The van der Waals surface area contributed by atoms with Crippen molar-refractivity contribution < 1.29 is 18.0 Å². The monoisotopic (exact) mass is 394 g/mol. The van der Waals surface area contributed by atoms with Gasteiger partial charge in [-0.1, -0.05) is 11.6 Å². The molecule has 0 spiro atoms. The van der Waals surface area contributed by atoms with Gasteiger partial charge in [-0.3, -0.25) is 4.79 Å². The van der Waals surface area contributed by atoms with Crippen LogP contribution in [0.3, 0.4) is 0 Å². The average Bonchev–Trinajstić information content (AvgIpc) is 3.00. The molecule has 0 fully saturated rings. The topological polar surface area (TPSA) is 59.8 Å². The summed E-state index contributed by atoms with van der Waals surface area (Å²) in [5, 5.41) is 6.53. The Morgan fingerprint density at radius 2 is 1.81 bits per heavy atom. The van der Waals surface area contributed by atoms with E-state index in [1.165, 1.54) is 24.3 Å². The number of anilines is 1. The zero-order chi connectivity index (χ0) is 19.8. The van der Waals surface area contributed by atoms with Crippen molar-refractivity contribution in [3.63, 3.8) is 0 Å². The standard InChI is InChI=1S/C18H14ClF3N4O/c1-10-7-11(2)24-15(8-10)25-17(27)14-9-23-26(16(14)18(20,21)22)13-5-3-12(19)4-6-13/h3-9H,1-2H3,(H,24,25,27). The van der Waals surface area contributed by atoms with Crippen LogP contribution in [-0.2, 0) is 6.18 Å². The number of benzene rings is 1. The summed E-state index contributed by atoms with van der Waals surface area (Å²) >= 11 is 5.78. The molecule has 0 saturated carbocycles. The molecule has 0 unspecified atom stereocenters. The Morgan fingerprint density at radius 3 is 2.41 bits per heavy atom. The van der Waals surface area contributed by atoms with Crippen LogP contribution in [0.5, 0.6) is 0 Å². The highest BCUT2D eigenvalue weighted by Gasteiger charge is 2.40. The second kappa shape index (κ2) is 7.03. The molecule has 0 aliphatic heterocycles. The summed E-state index contributed by atoms with van der Waals surface area (Å²) in [4.78, 5) is 16.6. The lowest BCUT2D eigenvalue weighted by atomic mass is 10.2. The first-order chi connectivity index (χ1) is 12.6. The average molecular weight is 395 g/mol. The Morgan fingerprint density at radius 1 is 1.15 bits per heavy atom. The Balaban J connectivity index is 2.02. The molecule has 5 nitrogen and oxygen atoms in total. The molecule has 0 aliphatic carbocycles. The molecule has 0 radical (unpaired) electrons. The summed E-state index contributed by atoms with van der Waals surface area (Å²) in [7, 11) is 0. The molecule has 0 atom stereocenters. The molecule has 1 N–H and O–H groups in total. The molecule has 0 saturated heterocycles. The van der Waals surface area contributed by atoms with Crippen molar-refractivity contribution in [1.29, 1.82) is 0 Å². The van der Waals surface area contributed by atoms with Crippen LogP contribution < -0.4 is 5.32 Å². The number of amides is 1. The van der Waals surface area contributed by atoms with Gasteiger partial charge in [0.15, 0.2) is 5.69 Å². The van der Waals surface area contributed by atoms with Gasteiger partial charge >= 0.3 is 6.18 Å². The van der Waals surface area contributed by atoms with E-state index in [1.54, 1.807) is 26.0 Å². The minimum absolute atomic E-state index is 0.135. The van der Waals surface area contributed by atoms with Gasteiger partial charge in [-0.15, -0.1) is 0 Å². The van der Waals surface area contributed by atoms with Gasteiger partial charge in [0.2, 0.25) is 0 Å². The number of aryl methyl sites for hydroxylation is 2. The molecule has 2 aromatic heterocycles. The number of nitrogens with zero attached hydrogens (tertiary/aromatic N) is 3. The first-order valence-electron chi connectivity index (χ1n) is 7.83. The van der Waals surface area contributed by atoms with Gasteiger partial charge in [-0.25, -0.2) is 9.67 Å². The van der Waals surface area contributed by atoms with Crippen LogP contribution in [-0.4, -0.2) is 20.7 Å². The molecule has 1 amide bonds. The summed E-state index contributed by atoms with van der Waals surface area (Å²) in [6.07, 6.45) is -3.91. The number of hydrogen-bond acceptors (Lipinski definition) is 3. The van der Waals surface area contributed by atoms with Gasteiger partial charge in [0, 0.05) is 10.7 Å². The van der Waals surface area contributed by atoms with E-state index < -0.39 is 23.3 Å². The van der Waals surface area contributed by atoms with E-state index in [-0.39, 0.29) is 11.5 Å². The largest absolute Gasteiger partial charge is 0.434 e. The molecular formula is C18H14ClF3N4O. The van der Waals surface area contributed by atoms with Gasteiger partial charge < -0.3 is 5.32 Å². The van der Waals surface area contributed by atoms with E-state index in [1.807, 2.05) is 0 Å². The maximum Gasteiger partial charge on any atom is 0.434 e. The fourth-order valence-electron chi connectivity index (χ4n) is 2.65. The SMILES string of the molecule is Cc1cc(C)nc(NC(=O)c2cnn(-c3ccc(Cl)cc3)c2C(F)(F)F)c1. The summed E-state index contributed by atoms with van der Waals surface area (Å²) < 4.78 is 41.6. The number of alkyl halides is 3. The Kier molecular flexibility index (Phi) is 4.93. The summed E-state index contributed by atoms with van der Waals surface area (Å²) in [6, 6.07) is 9.02. The number of nitrogens with one attached hydrogen (secondary N) is 1. The first-order valence-corrected chi connectivity index (χ1v) is 8.21. The molecule has 3 rings (SSSR count). The zero-order valence-corrected chi connectivity index (χ0v) is 15.1. The predicted octanol–water partition coefficient (Wildman–Crippen LogP) is 4.81. The summed E-state index contributed by atoms with van der Waals surface area (Å²) in [6.45, 7) is 3.52. The molecular weight excluding hydrogens is 381 g/mol. The van der Waals surface area contributed by atoms with E-state index in [4.69, 9.17) is 11.6 Å². The van der Waals surface area contributed by atoms with Crippen LogP contribution in [0.2, 0.25) is 5.02 Å². The van der Waals surface area contributed by atoms with Crippen molar-refractivity contribution in [1.82, 2.24) is 14.8 Å². The molecule has 2 heterocycles. The smallest absolute Gasteiger partial charge is 0.306 e. The molecule has 27 heavy (non-hydrogen) atoms. The second-order valence-corrected chi connectivity index (χ2v) is 6.35. The quantitative estimate of drug-likeness (QED) is 0.693. The first kappa shape index (κ1) is 18.9. The highest BCUT2D eigenvalue weighted by Crippen LogP contribution is 2.34. The fraction of sp³-hybridized carbons (Fsp3) is 0.167. The molecule has 1 aromatic carbocycles. The maximum absolute atomic E-state index is 13.7. The van der Waals surface area contributed by atoms with Gasteiger partial charge in [-0.2, -0.15) is 18.3 Å². The molecule has 9 heteroatoms. The van der Waals surface area contributed by atoms with Crippen molar-refractivity contribution in [2.75, 3.05) is 5.32 Å². The number of pyridine rings is 1. The minimum Gasteiger partial charge on any atom is -0.306 e. The van der Waals surface area contributed by atoms with E-state index in [2.05, 4.69) is 15.4 Å². The van der Waals surface area contributed by atoms with Crippen molar-refractivity contribution in [2.24, 2.45) is 0 Å². The summed E-state index contributed by atoms with van der Waals surface area (Å²) in [5.41, 5.74) is -0.177. The van der Waals surface area contributed by atoms with E-state index >= 15 is 0 Å². The predicted molar refractivity (Wildman–Crippen MR) is 95.2 cm³/mol. The molecule has 0 aliphatic rings. The van der Waals surface area contributed by atoms with Gasteiger partial charge in [0.05, 0.1) is 17.4 Å². The van der Waals surface area contributed by atoms with Crippen molar-refractivity contribution in [2.45, 2.75) is 20.0 Å². The molecule has 3 aromatic rings. The van der Waals surface area contributed by atoms with E-state index in [9.17, 15) is 18.0 Å². The third-order valence-corrected chi connectivity index (χ3v) is 3.94. The Bertz CT molecular complexity index is 977. The maximum atomic E-state index is 13.7. The fourth-order valence-corrected chi connectivity index (χ4v) is 2.78. The van der Waals surface area contributed by atoms with E-state index in [0.29, 0.717) is 15.4 Å². The minimum atomic E-state index is -4.79. The summed E-state index contributed by atoms with van der Waals surface area (Å²) in [5.74, 6) is -0.773. The Hall–Kier alpha value is -2.87. The van der Waals surface area contributed by atoms with Gasteiger partial charge in [-0.05, 0) is 55.8 Å².